The largest absolute Gasteiger partial charge is 0.493 e. The van der Waals surface area contributed by atoms with Crippen molar-refractivity contribution < 1.29 is 14.3 Å². The minimum atomic E-state index is -0.318. The van der Waals surface area contributed by atoms with Crippen LogP contribution in [-0.2, 0) is 17.9 Å². The van der Waals surface area contributed by atoms with Crippen LogP contribution in [0.3, 0.4) is 0 Å². The quantitative estimate of drug-likeness (QED) is 0.0854. The highest BCUT2D eigenvalue weighted by Gasteiger charge is 2.14. The topological polar surface area (TPSA) is 81.9 Å². The van der Waals surface area contributed by atoms with Crippen molar-refractivity contribution in [2.24, 2.45) is 5.10 Å². The summed E-state index contributed by atoms with van der Waals surface area (Å²) in [6.45, 7) is 0.395. The van der Waals surface area contributed by atoms with Gasteiger partial charge < -0.3 is 14.0 Å². The summed E-state index contributed by atoms with van der Waals surface area (Å²) < 4.78 is 14.5. The van der Waals surface area contributed by atoms with Crippen LogP contribution in [0.15, 0.2) is 113 Å². The van der Waals surface area contributed by atoms with E-state index in [0.717, 1.165) is 25.5 Å². The summed E-state index contributed by atoms with van der Waals surface area (Å²) in [4.78, 5) is 25.9. The fourth-order valence-corrected chi connectivity index (χ4v) is 5.91. The van der Waals surface area contributed by atoms with E-state index < -0.39 is 0 Å². The minimum Gasteiger partial charge on any atom is -0.493 e. The van der Waals surface area contributed by atoms with E-state index in [4.69, 9.17) is 9.47 Å². The summed E-state index contributed by atoms with van der Waals surface area (Å²) >= 11 is 2.21. The van der Waals surface area contributed by atoms with Crippen LogP contribution < -0.4 is 20.3 Å². The van der Waals surface area contributed by atoms with Gasteiger partial charge in [-0.2, -0.15) is 5.10 Å². The smallest absolute Gasteiger partial charge is 0.260 e. The van der Waals surface area contributed by atoms with E-state index >= 15 is 0 Å². The first-order valence-electron chi connectivity index (χ1n) is 13.3. The predicted octanol–water partition coefficient (Wildman–Crippen LogP) is 6.65. The molecule has 1 heterocycles. The number of carbonyl (C=O) groups is 1. The van der Waals surface area contributed by atoms with Crippen LogP contribution >= 0.6 is 22.6 Å². The lowest BCUT2D eigenvalue weighted by molar-refractivity contribution is -0.121. The molecule has 6 rings (SSSR count). The molecule has 0 aliphatic carbocycles. The number of methoxy groups -OCH3 is 1. The van der Waals surface area contributed by atoms with E-state index in [2.05, 4.69) is 57.4 Å². The minimum absolute atomic E-state index is 0.000445. The molecule has 1 amide bonds. The summed E-state index contributed by atoms with van der Waals surface area (Å²) in [6, 6.07) is 32.7. The molecule has 0 radical (unpaired) electrons. The molecule has 0 unspecified atom stereocenters. The van der Waals surface area contributed by atoms with Gasteiger partial charge in [-0.1, -0.05) is 66.7 Å². The highest BCUT2D eigenvalue weighted by molar-refractivity contribution is 14.1. The van der Waals surface area contributed by atoms with Crippen LogP contribution in [0.1, 0.15) is 11.1 Å². The number of benzene rings is 5. The third-order valence-electron chi connectivity index (χ3n) is 7.09. The summed E-state index contributed by atoms with van der Waals surface area (Å²) in [5.74, 6) is 0.896. The number of fused-ring (bicyclic) bond motifs is 3. The molecule has 0 saturated carbocycles. The van der Waals surface area contributed by atoms with Gasteiger partial charge in [0.15, 0.2) is 16.9 Å². The van der Waals surface area contributed by atoms with E-state index in [0.29, 0.717) is 39.9 Å². The van der Waals surface area contributed by atoms with Gasteiger partial charge in [-0.05, 0) is 80.9 Å². The molecule has 0 spiro atoms. The molecule has 208 valence electrons. The van der Waals surface area contributed by atoms with Crippen LogP contribution in [0.2, 0.25) is 0 Å². The number of pyridine rings is 1. The van der Waals surface area contributed by atoms with E-state index in [-0.39, 0.29) is 17.9 Å². The van der Waals surface area contributed by atoms with Crippen LogP contribution in [0.4, 0.5) is 0 Å². The van der Waals surface area contributed by atoms with Crippen molar-refractivity contribution >= 4 is 67.3 Å². The van der Waals surface area contributed by atoms with Gasteiger partial charge in [-0.25, -0.2) is 5.43 Å². The molecule has 6 aromatic rings. The van der Waals surface area contributed by atoms with Crippen molar-refractivity contribution in [3.63, 3.8) is 0 Å². The molecule has 0 aliphatic heterocycles. The Morgan fingerprint density at radius 3 is 2.24 bits per heavy atom. The summed E-state index contributed by atoms with van der Waals surface area (Å²) in [5, 5.41) is 7.64. The zero-order valence-electron chi connectivity index (χ0n) is 22.7. The van der Waals surface area contributed by atoms with Gasteiger partial charge in [-0.3, -0.25) is 9.59 Å². The van der Waals surface area contributed by atoms with Gasteiger partial charge in [0, 0.05) is 10.8 Å². The van der Waals surface area contributed by atoms with Crippen molar-refractivity contribution in [1.82, 2.24) is 9.99 Å². The maximum atomic E-state index is 13.0. The first-order chi connectivity index (χ1) is 20.5. The van der Waals surface area contributed by atoms with Crippen LogP contribution in [0, 0.1) is 3.57 Å². The van der Waals surface area contributed by atoms with Crippen molar-refractivity contribution in [2.45, 2.75) is 13.2 Å². The number of halogens is 1. The Kier molecular flexibility index (Phi) is 7.87. The van der Waals surface area contributed by atoms with Gasteiger partial charge in [0.1, 0.15) is 13.2 Å². The first-order valence-corrected chi connectivity index (χ1v) is 14.4. The fraction of sp³-hybridized carbons (Fsp3) is 0.0882. The Hall–Kier alpha value is -4.70. The van der Waals surface area contributed by atoms with E-state index in [9.17, 15) is 9.59 Å². The Morgan fingerprint density at radius 2 is 1.52 bits per heavy atom. The van der Waals surface area contributed by atoms with Crippen molar-refractivity contribution in [3.8, 4) is 11.5 Å². The van der Waals surface area contributed by atoms with Crippen molar-refractivity contribution in [3.05, 3.63) is 128 Å². The molecule has 0 saturated heterocycles. The Bertz CT molecular complexity index is 1990. The van der Waals surface area contributed by atoms with E-state index in [1.807, 2.05) is 71.3 Å². The van der Waals surface area contributed by atoms with E-state index in [1.165, 1.54) is 0 Å². The molecule has 0 fully saturated rings. The standard InChI is InChI=1S/C34H26IN3O4/c1-41-31-18-22(17-28(35)34(31)42-21-24-11-8-10-23-9-2-3-12-25(23)24)19-36-37-32(39)20-38-29-15-6-4-13-26(29)33(40)27-14-5-7-16-30(27)38/h2-19H,20-21H2,1H3,(H,37,39)/b36-19-. The molecular weight excluding hydrogens is 641 g/mol. The molecule has 0 atom stereocenters. The molecule has 8 heteroatoms. The van der Waals surface area contributed by atoms with Crippen molar-refractivity contribution in [2.75, 3.05) is 7.11 Å². The van der Waals surface area contributed by atoms with Crippen molar-refractivity contribution in [1.29, 1.82) is 0 Å². The number of rotatable bonds is 8. The second-order valence-electron chi connectivity index (χ2n) is 9.70. The summed E-state index contributed by atoms with van der Waals surface area (Å²) in [7, 11) is 1.60. The molecule has 5 aromatic carbocycles. The van der Waals surface area contributed by atoms with Gasteiger partial charge >= 0.3 is 0 Å². The van der Waals surface area contributed by atoms with Crippen LogP contribution in [0.25, 0.3) is 32.6 Å². The number of ether oxygens (including phenoxy) is 2. The molecular formula is C34H26IN3O4. The summed E-state index contributed by atoms with van der Waals surface area (Å²) in [5.41, 5.74) is 5.78. The number of hydrogen-bond donors (Lipinski definition) is 1. The normalized spacial score (nSPS) is 11.4. The second-order valence-corrected chi connectivity index (χ2v) is 10.9. The number of aromatic nitrogens is 1. The van der Waals surface area contributed by atoms with Crippen LogP contribution in [0.5, 0.6) is 11.5 Å². The molecule has 0 aliphatic rings. The summed E-state index contributed by atoms with van der Waals surface area (Å²) in [6.07, 6.45) is 1.57. The van der Waals surface area contributed by atoms with Gasteiger partial charge in [0.05, 0.1) is 27.9 Å². The lowest BCUT2D eigenvalue weighted by Crippen LogP contribution is -2.25. The maximum absolute atomic E-state index is 13.0. The lowest BCUT2D eigenvalue weighted by atomic mass is 10.1. The lowest BCUT2D eigenvalue weighted by Gasteiger charge is -2.15. The highest BCUT2D eigenvalue weighted by atomic mass is 127. The maximum Gasteiger partial charge on any atom is 0.260 e. The average molecular weight is 668 g/mol. The zero-order valence-corrected chi connectivity index (χ0v) is 24.9. The molecule has 7 nitrogen and oxygen atoms in total. The van der Waals surface area contributed by atoms with E-state index in [1.54, 1.807) is 25.5 Å². The molecule has 0 bridgehead atoms. The zero-order chi connectivity index (χ0) is 29.1. The fourth-order valence-electron chi connectivity index (χ4n) is 5.13. The molecule has 42 heavy (non-hydrogen) atoms. The number of nitrogens with one attached hydrogen (secondary N) is 1. The van der Waals surface area contributed by atoms with Gasteiger partial charge in [0.25, 0.3) is 5.91 Å². The van der Waals surface area contributed by atoms with Gasteiger partial charge in [-0.15, -0.1) is 0 Å². The number of nitrogens with zero attached hydrogens (tertiary/aromatic N) is 2. The van der Waals surface area contributed by atoms with Gasteiger partial charge in [0.2, 0.25) is 0 Å². The van der Waals surface area contributed by atoms with Crippen LogP contribution in [-0.4, -0.2) is 23.8 Å². The average Bonchev–Trinajstić information content (AvgIpc) is 3.02. The number of hydrogen-bond acceptors (Lipinski definition) is 5. The SMILES string of the molecule is COc1cc(/C=N\NC(=O)Cn2c3ccccc3c(=O)c3ccccc32)cc(I)c1OCc1cccc2ccccc12. The Morgan fingerprint density at radius 1 is 0.881 bits per heavy atom. The first kappa shape index (κ1) is 27.5. The number of hydrazone groups is 1. The number of amides is 1. The number of para-hydroxylation sites is 2. The Balaban J connectivity index is 1.19. The third kappa shape index (κ3) is 5.45. The highest BCUT2D eigenvalue weighted by Crippen LogP contribution is 2.34. The monoisotopic (exact) mass is 667 g/mol. The number of carbonyl (C=O) groups excluding carboxylic acids is 1. The Labute approximate surface area is 255 Å². The second kappa shape index (κ2) is 12.0. The predicted molar refractivity (Wildman–Crippen MR) is 175 cm³/mol. The third-order valence-corrected chi connectivity index (χ3v) is 7.89. The molecule has 1 aromatic heterocycles. The molecule has 1 N–H and O–H groups in total.